The molecule has 2 atom stereocenters. The number of nitrogens with two attached hydrogens (primary N) is 1. The number of benzene rings is 1. The van der Waals surface area contributed by atoms with E-state index in [9.17, 15) is 0 Å². The van der Waals surface area contributed by atoms with Crippen LogP contribution >= 0.6 is 0 Å². The van der Waals surface area contributed by atoms with Crippen LogP contribution in [0.4, 0.5) is 0 Å². The van der Waals surface area contributed by atoms with E-state index in [1.54, 1.807) is 7.11 Å². The van der Waals surface area contributed by atoms with Crippen LogP contribution in [0.2, 0.25) is 0 Å². The second-order valence-corrected chi connectivity index (χ2v) is 5.01. The summed E-state index contributed by atoms with van der Waals surface area (Å²) in [5, 5.41) is 0. The SMILES string of the molecule is COc1cccc2c1[C@H]1CC[C@@](N)(C2)C1. The van der Waals surface area contributed by atoms with E-state index in [1.807, 2.05) is 0 Å². The highest BCUT2D eigenvalue weighted by Crippen LogP contribution is 2.50. The van der Waals surface area contributed by atoms with Gasteiger partial charge >= 0.3 is 0 Å². The van der Waals surface area contributed by atoms with Gasteiger partial charge in [0, 0.05) is 11.1 Å². The van der Waals surface area contributed by atoms with Crippen molar-refractivity contribution in [2.45, 2.75) is 37.1 Å². The molecule has 1 fully saturated rings. The van der Waals surface area contributed by atoms with E-state index < -0.39 is 0 Å². The molecule has 2 heteroatoms. The molecular weight excluding hydrogens is 186 g/mol. The zero-order chi connectivity index (χ0) is 10.5. The Kier molecular flexibility index (Phi) is 1.84. The molecule has 3 rings (SSSR count). The lowest BCUT2D eigenvalue weighted by Gasteiger charge is -2.31. The number of hydrogen-bond acceptors (Lipinski definition) is 2. The second-order valence-electron chi connectivity index (χ2n) is 5.01. The zero-order valence-corrected chi connectivity index (χ0v) is 9.12. The largest absolute Gasteiger partial charge is 0.496 e. The van der Waals surface area contributed by atoms with Gasteiger partial charge in [-0.05, 0) is 43.2 Å². The number of methoxy groups -OCH3 is 1. The molecule has 0 aromatic heterocycles. The molecule has 15 heavy (non-hydrogen) atoms. The Labute approximate surface area is 90.4 Å². The first-order chi connectivity index (χ1) is 7.22. The molecule has 2 aliphatic rings. The summed E-state index contributed by atoms with van der Waals surface area (Å²) < 4.78 is 5.46. The van der Waals surface area contributed by atoms with Gasteiger partial charge in [0.05, 0.1) is 7.11 Å². The molecule has 2 bridgehead atoms. The molecule has 0 spiro atoms. The van der Waals surface area contributed by atoms with Gasteiger partial charge in [0.25, 0.3) is 0 Å². The molecule has 0 radical (unpaired) electrons. The van der Waals surface area contributed by atoms with Crippen molar-refractivity contribution in [3.63, 3.8) is 0 Å². The molecule has 80 valence electrons. The third-order valence-corrected chi connectivity index (χ3v) is 3.97. The Bertz CT molecular complexity index is 402. The second kappa shape index (κ2) is 2.99. The zero-order valence-electron chi connectivity index (χ0n) is 9.12. The van der Waals surface area contributed by atoms with Gasteiger partial charge in [-0.3, -0.25) is 0 Å². The Balaban J connectivity index is 2.14. The molecule has 0 unspecified atom stereocenters. The average molecular weight is 203 g/mol. The van der Waals surface area contributed by atoms with Crippen molar-refractivity contribution < 1.29 is 4.74 Å². The van der Waals surface area contributed by atoms with Crippen molar-refractivity contribution in [3.05, 3.63) is 29.3 Å². The van der Waals surface area contributed by atoms with Crippen LogP contribution in [0.3, 0.4) is 0 Å². The van der Waals surface area contributed by atoms with Crippen molar-refractivity contribution >= 4 is 0 Å². The highest BCUT2D eigenvalue weighted by molar-refractivity contribution is 5.47. The van der Waals surface area contributed by atoms with Gasteiger partial charge in [-0.25, -0.2) is 0 Å². The summed E-state index contributed by atoms with van der Waals surface area (Å²) >= 11 is 0. The van der Waals surface area contributed by atoms with Crippen LogP contribution in [0.15, 0.2) is 18.2 Å². The summed E-state index contributed by atoms with van der Waals surface area (Å²) in [6.45, 7) is 0. The van der Waals surface area contributed by atoms with Crippen LogP contribution < -0.4 is 10.5 Å². The quantitative estimate of drug-likeness (QED) is 0.759. The van der Waals surface area contributed by atoms with Crippen LogP contribution in [-0.2, 0) is 6.42 Å². The number of rotatable bonds is 1. The van der Waals surface area contributed by atoms with Gasteiger partial charge < -0.3 is 10.5 Å². The maximum atomic E-state index is 6.37. The minimum Gasteiger partial charge on any atom is -0.496 e. The smallest absolute Gasteiger partial charge is 0.122 e. The van der Waals surface area contributed by atoms with Crippen LogP contribution in [-0.4, -0.2) is 12.6 Å². The molecular formula is C13H17NO. The molecule has 1 aromatic rings. The van der Waals surface area contributed by atoms with Crippen molar-refractivity contribution in [3.8, 4) is 5.75 Å². The Morgan fingerprint density at radius 3 is 3.13 bits per heavy atom. The Morgan fingerprint density at radius 1 is 1.47 bits per heavy atom. The molecule has 1 saturated carbocycles. The molecule has 2 N–H and O–H groups in total. The van der Waals surface area contributed by atoms with Crippen molar-refractivity contribution in [1.29, 1.82) is 0 Å². The van der Waals surface area contributed by atoms with Crippen molar-refractivity contribution in [1.82, 2.24) is 0 Å². The first-order valence-electron chi connectivity index (χ1n) is 5.66. The fraction of sp³-hybridized carbons (Fsp3) is 0.538. The van der Waals surface area contributed by atoms with Gasteiger partial charge in [0.15, 0.2) is 0 Å². The standard InChI is InChI=1S/C13H17NO/c1-15-11-4-2-3-9-7-13(14)6-5-10(8-13)12(9)11/h2-4,10H,5-8,14H2,1H3/t10-,13+/m0/s1. The van der Waals surface area contributed by atoms with E-state index in [0.29, 0.717) is 5.92 Å². The van der Waals surface area contributed by atoms with E-state index >= 15 is 0 Å². The number of fused-ring (bicyclic) bond motifs is 4. The normalized spacial score (nSPS) is 32.5. The van der Waals surface area contributed by atoms with Crippen LogP contribution in [0, 0.1) is 0 Å². The lowest BCUT2D eigenvalue weighted by atomic mass is 9.79. The van der Waals surface area contributed by atoms with Gasteiger partial charge in [-0.1, -0.05) is 12.1 Å². The van der Waals surface area contributed by atoms with E-state index in [1.165, 1.54) is 17.5 Å². The van der Waals surface area contributed by atoms with E-state index in [-0.39, 0.29) is 5.54 Å². The van der Waals surface area contributed by atoms with Gasteiger partial charge in [-0.15, -0.1) is 0 Å². The molecule has 0 saturated heterocycles. The van der Waals surface area contributed by atoms with Crippen molar-refractivity contribution in [2.75, 3.05) is 7.11 Å². The third kappa shape index (κ3) is 1.28. The maximum Gasteiger partial charge on any atom is 0.122 e. The van der Waals surface area contributed by atoms with E-state index in [2.05, 4.69) is 18.2 Å². The summed E-state index contributed by atoms with van der Waals surface area (Å²) in [5.41, 5.74) is 9.28. The third-order valence-electron chi connectivity index (χ3n) is 3.97. The molecule has 2 aliphatic carbocycles. The summed E-state index contributed by atoms with van der Waals surface area (Å²) in [6.07, 6.45) is 4.55. The fourth-order valence-electron chi connectivity index (χ4n) is 3.33. The summed E-state index contributed by atoms with van der Waals surface area (Å²) in [4.78, 5) is 0. The van der Waals surface area contributed by atoms with Crippen LogP contribution in [0.5, 0.6) is 5.75 Å². The predicted octanol–water partition coefficient (Wildman–Crippen LogP) is 2.22. The Morgan fingerprint density at radius 2 is 2.33 bits per heavy atom. The monoisotopic (exact) mass is 203 g/mol. The lowest BCUT2D eigenvalue weighted by Crippen LogP contribution is -2.41. The highest BCUT2D eigenvalue weighted by atomic mass is 16.5. The first kappa shape index (κ1) is 9.22. The highest BCUT2D eigenvalue weighted by Gasteiger charge is 2.42. The first-order valence-corrected chi connectivity index (χ1v) is 5.66. The molecule has 0 aliphatic heterocycles. The van der Waals surface area contributed by atoms with Gasteiger partial charge in [0.2, 0.25) is 0 Å². The van der Waals surface area contributed by atoms with E-state index in [0.717, 1.165) is 25.0 Å². The minimum atomic E-state index is 0.0734. The van der Waals surface area contributed by atoms with E-state index in [4.69, 9.17) is 10.5 Å². The molecule has 1 aromatic carbocycles. The predicted molar refractivity (Wildman–Crippen MR) is 60.2 cm³/mol. The van der Waals surface area contributed by atoms with Gasteiger partial charge in [0.1, 0.15) is 5.75 Å². The summed E-state index contributed by atoms with van der Waals surface area (Å²) in [6, 6.07) is 6.35. The maximum absolute atomic E-state index is 6.37. The number of ether oxygens (including phenoxy) is 1. The van der Waals surface area contributed by atoms with Crippen LogP contribution in [0.25, 0.3) is 0 Å². The topological polar surface area (TPSA) is 35.2 Å². The summed E-state index contributed by atoms with van der Waals surface area (Å²) in [5.74, 6) is 1.69. The minimum absolute atomic E-state index is 0.0734. The fourth-order valence-corrected chi connectivity index (χ4v) is 3.33. The summed E-state index contributed by atoms with van der Waals surface area (Å²) in [7, 11) is 1.76. The molecule has 0 heterocycles. The molecule has 2 nitrogen and oxygen atoms in total. The van der Waals surface area contributed by atoms with Crippen molar-refractivity contribution in [2.24, 2.45) is 5.73 Å². The lowest BCUT2D eigenvalue weighted by molar-refractivity contribution is 0.383. The number of hydrogen-bond donors (Lipinski definition) is 1. The Hall–Kier alpha value is -1.02. The molecule has 0 amide bonds. The van der Waals surface area contributed by atoms with Gasteiger partial charge in [-0.2, -0.15) is 0 Å². The van der Waals surface area contributed by atoms with Crippen LogP contribution in [0.1, 0.15) is 36.3 Å². The average Bonchev–Trinajstić information content (AvgIpc) is 2.54.